The van der Waals surface area contributed by atoms with E-state index in [9.17, 15) is 9.59 Å². The fourth-order valence-corrected chi connectivity index (χ4v) is 2.77. The monoisotopic (exact) mass is 294 g/mol. The molecular weight excluding hydrogens is 264 g/mol. The van der Waals surface area contributed by atoms with Crippen molar-refractivity contribution >= 4 is 11.8 Å². The van der Waals surface area contributed by atoms with Crippen molar-refractivity contribution in [1.29, 1.82) is 0 Å². The molecule has 1 saturated carbocycles. The molecule has 2 amide bonds. The lowest BCUT2D eigenvalue weighted by molar-refractivity contribution is -0.135. The van der Waals surface area contributed by atoms with Crippen molar-refractivity contribution in [3.63, 3.8) is 0 Å². The molecular formula is C17H30N2O2. The second-order valence-corrected chi connectivity index (χ2v) is 7.19. The Balaban J connectivity index is 2.86. The summed E-state index contributed by atoms with van der Waals surface area (Å²) in [5, 5.41) is 3.01. The van der Waals surface area contributed by atoms with Crippen LogP contribution in [0.5, 0.6) is 0 Å². The van der Waals surface area contributed by atoms with Gasteiger partial charge >= 0.3 is 0 Å². The summed E-state index contributed by atoms with van der Waals surface area (Å²) in [6, 6.07) is 0. The van der Waals surface area contributed by atoms with Gasteiger partial charge in [-0.3, -0.25) is 9.59 Å². The van der Waals surface area contributed by atoms with Crippen molar-refractivity contribution in [2.24, 2.45) is 23.5 Å². The lowest BCUT2D eigenvalue weighted by Crippen LogP contribution is -2.48. The van der Waals surface area contributed by atoms with E-state index in [1.807, 2.05) is 39.8 Å². The van der Waals surface area contributed by atoms with Crippen LogP contribution in [0.25, 0.3) is 0 Å². The predicted molar refractivity (Wildman–Crippen MR) is 85.5 cm³/mol. The Bertz CT molecular complexity index is 392. The maximum absolute atomic E-state index is 12.6. The van der Waals surface area contributed by atoms with E-state index < -0.39 is 5.92 Å². The Morgan fingerprint density at radius 3 is 2.29 bits per heavy atom. The van der Waals surface area contributed by atoms with E-state index in [-0.39, 0.29) is 23.3 Å². The Morgan fingerprint density at radius 2 is 1.90 bits per heavy atom. The average Bonchev–Trinajstić information content (AvgIpc) is 2.28. The zero-order chi connectivity index (χ0) is 16.0. The average molecular weight is 294 g/mol. The summed E-state index contributed by atoms with van der Waals surface area (Å²) < 4.78 is 0. The molecule has 1 rings (SSSR count). The van der Waals surface area contributed by atoms with E-state index in [2.05, 4.69) is 5.32 Å². The van der Waals surface area contributed by atoms with Gasteiger partial charge in [0.2, 0.25) is 11.8 Å². The molecule has 0 spiro atoms. The van der Waals surface area contributed by atoms with Gasteiger partial charge in [0.1, 0.15) is 0 Å². The van der Waals surface area contributed by atoms with Crippen LogP contribution < -0.4 is 11.1 Å². The molecule has 0 radical (unpaired) electrons. The van der Waals surface area contributed by atoms with Crippen molar-refractivity contribution in [2.45, 2.75) is 65.3 Å². The van der Waals surface area contributed by atoms with Gasteiger partial charge in [0.15, 0.2) is 0 Å². The normalized spacial score (nSPS) is 19.0. The molecule has 0 aromatic carbocycles. The Hall–Kier alpha value is -1.32. The van der Waals surface area contributed by atoms with E-state index in [4.69, 9.17) is 5.73 Å². The molecule has 0 heterocycles. The van der Waals surface area contributed by atoms with E-state index in [0.717, 1.165) is 19.3 Å². The highest BCUT2D eigenvalue weighted by Crippen LogP contribution is 2.35. The Kier molecular flexibility index (Phi) is 6.43. The molecule has 120 valence electrons. The number of primary amides is 1. The smallest absolute Gasteiger partial charge is 0.224 e. The first kappa shape index (κ1) is 17.7. The van der Waals surface area contributed by atoms with Crippen molar-refractivity contribution in [3.8, 4) is 0 Å². The highest BCUT2D eigenvalue weighted by atomic mass is 16.2. The summed E-state index contributed by atoms with van der Waals surface area (Å²) in [6.45, 7) is 7.78. The molecule has 21 heavy (non-hydrogen) atoms. The van der Waals surface area contributed by atoms with Crippen LogP contribution in [0.2, 0.25) is 0 Å². The summed E-state index contributed by atoms with van der Waals surface area (Å²) in [5.41, 5.74) is 5.27. The van der Waals surface area contributed by atoms with Gasteiger partial charge in [-0.25, -0.2) is 0 Å². The van der Waals surface area contributed by atoms with Crippen molar-refractivity contribution < 1.29 is 9.59 Å². The summed E-state index contributed by atoms with van der Waals surface area (Å²) in [7, 11) is 0. The third-order valence-corrected chi connectivity index (χ3v) is 4.12. The van der Waals surface area contributed by atoms with Gasteiger partial charge in [0.05, 0.1) is 11.8 Å². The molecule has 0 saturated heterocycles. The van der Waals surface area contributed by atoms with Crippen LogP contribution in [0, 0.1) is 17.8 Å². The van der Waals surface area contributed by atoms with Crippen LogP contribution in [-0.2, 0) is 9.59 Å². The predicted octanol–water partition coefficient (Wildman–Crippen LogP) is 2.78. The summed E-state index contributed by atoms with van der Waals surface area (Å²) >= 11 is 0. The number of rotatable bonds is 7. The number of nitrogens with one attached hydrogen (secondary N) is 1. The zero-order valence-electron chi connectivity index (χ0n) is 13.8. The first-order valence-corrected chi connectivity index (χ1v) is 7.97. The number of hydrogen-bond acceptors (Lipinski definition) is 2. The second-order valence-electron chi connectivity index (χ2n) is 7.19. The highest BCUT2D eigenvalue weighted by molar-refractivity contribution is 5.87. The fourth-order valence-electron chi connectivity index (χ4n) is 2.77. The number of hydrogen-bond donors (Lipinski definition) is 2. The minimum Gasteiger partial charge on any atom is -0.369 e. The quantitative estimate of drug-likeness (QED) is 0.709. The molecule has 4 heteroatoms. The summed E-state index contributed by atoms with van der Waals surface area (Å²) in [5.74, 6) is -0.579. The van der Waals surface area contributed by atoms with Gasteiger partial charge in [-0.15, -0.1) is 0 Å². The van der Waals surface area contributed by atoms with Crippen molar-refractivity contribution in [2.75, 3.05) is 0 Å². The fraction of sp³-hybridized carbons (Fsp3) is 0.765. The molecule has 0 aromatic rings. The number of allylic oxidation sites excluding steroid dienone is 2. The minimum atomic E-state index is -0.413. The number of nitrogens with two attached hydrogens (primary N) is 1. The van der Waals surface area contributed by atoms with Crippen LogP contribution in [-0.4, -0.2) is 17.4 Å². The van der Waals surface area contributed by atoms with Gasteiger partial charge in [-0.05, 0) is 46.5 Å². The molecule has 0 aliphatic heterocycles. The number of carbonyl (C=O) groups excluding carboxylic acids is 2. The van der Waals surface area contributed by atoms with Crippen LogP contribution in [0.3, 0.4) is 0 Å². The van der Waals surface area contributed by atoms with Gasteiger partial charge in [-0.2, -0.15) is 0 Å². The maximum Gasteiger partial charge on any atom is 0.224 e. The highest BCUT2D eigenvalue weighted by Gasteiger charge is 2.36. The van der Waals surface area contributed by atoms with Gasteiger partial charge in [0, 0.05) is 5.54 Å². The van der Waals surface area contributed by atoms with E-state index >= 15 is 0 Å². The van der Waals surface area contributed by atoms with E-state index in [1.165, 1.54) is 6.42 Å². The SMILES string of the molecule is C/C=C/CC(C(N)=O)C(CC1CCC1)C(=O)NC(C)(C)C. The molecule has 2 unspecified atom stereocenters. The molecule has 1 aliphatic carbocycles. The molecule has 1 fully saturated rings. The Labute approximate surface area is 128 Å². The summed E-state index contributed by atoms with van der Waals surface area (Å²) in [4.78, 5) is 24.4. The lowest BCUT2D eigenvalue weighted by Gasteiger charge is -2.33. The van der Waals surface area contributed by atoms with Crippen LogP contribution in [0.1, 0.15) is 59.8 Å². The van der Waals surface area contributed by atoms with Crippen LogP contribution in [0.15, 0.2) is 12.2 Å². The third kappa shape index (κ3) is 5.90. The van der Waals surface area contributed by atoms with Gasteiger partial charge in [-0.1, -0.05) is 31.4 Å². The van der Waals surface area contributed by atoms with Crippen molar-refractivity contribution in [1.82, 2.24) is 5.32 Å². The number of carbonyl (C=O) groups is 2. The lowest BCUT2D eigenvalue weighted by atomic mass is 9.74. The third-order valence-electron chi connectivity index (χ3n) is 4.12. The maximum atomic E-state index is 12.6. The zero-order valence-corrected chi connectivity index (χ0v) is 13.8. The molecule has 3 N–H and O–H groups in total. The molecule has 1 aliphatic rings. The minimum absolute atomic E-state index is 0.0392. The van der Waals surface area contributed by atoms with Crippen LogP contribution in [0.4, 0.5) is 0 Å². The molecule has 4 nitrogen and oxygen atoms in total. The molecule has 2 atom stereocenters. The topological polar surface area (TPSA) is 72.2 Å². The van der Waals surface area contributed by atoms with Gasteiger partial charge in [0.25, 0.3) is 0 Å². The molecule has 0 bridgehead atoms. The van der Waals surface area contributed by atoms with Crippen LogP contribution >= 0.6 is 0 Å². The van der Waals surface area contributed by atoms with E-state index in [1.54, 1.807) is 0 Å². The first-order chi connectivity index (χ1) is 9.74. The summed E-state index contributed by atoms with van der Waals surface area (Å²) in [6.07, 6.45) is 8.69. The van der Waals surface area contributed by atoms with E-state index in [0.29, 0.717) is 12.3 Å². The molecule has 0 aromatic heterocycles. The Morgan fingerprint density at radius 1 is 1.29 bits per heavy atom. The second kappa shape index (κ2) is 7.62. The van der Waals surface area contributed by atoms with Crippen molar-refractivity contribution in [3.05, 3.63) is 12.2 Å². The largest absolute Gasteiger partial charge is 0.369 e. The first-order valence-electron chi connectivity index (χ1n) is 7.97. The number of amides is 2. The van der Waals surface area contributed by atoms with Gasteiger partial charge < -0.3 is 11.1 Å². The standard InChI is InChI=1S/C17H30N2O2/c1-5-6-10-13(15(18)20)14(11-12-8-7-9-12)16(21)19-17(2,3)4/h5-6,12-14H,7-11H2,1-4H3,(H2,18,20)(H,19,21)/b6-5+.